The van der Waals surface area contributed by atoms with Crippen molar-refractivity contribution in [3.05, 3.63) is 30.6 Å². The van der Waals surface area contributed by atoms with Gasteiger partial charge in [0.2, 0.25) is 5.95 Å². The molecule has 3 aromatic rings. The van der Waals surface area contributed by atoms with Crippen molar-refractivity contribution < 1.29 is 51.6 Å². The van der Waals surface area contributed by atoms with E-state index >= 15 is 0 Å². The van der Waals surface area contributed by atoms with Crippen LogP contribution >= 0.6 is 19.4 Å². The number of nitrogens with zero attached hydrogens (tertiary/aromatic N) is 4. The van der Waals surface area contributed by atoms with Crippen molar-refractivity contribution in [1.29, 1.82) is 0 Å². The number of imidazole rings is 1. The van der Waals surface area contributed by atoms with Crippen LogP contribution in [0.2, 0.25) is 0 Å². The fourth-order valence-electron chi connectivity index (χ4n) is 5.23. The van der Waals surface area contributed by atoms with E-state index in [1.165, 1.54) is 11.8 Å². The second-order valence-electron chi connectivity index (χ2n) is 10.8. The molecular weight excluding hydrogens is 657 g/mol. The molecule has 2 aliphatic rings. The van der Waals surface area contributed by atoms with Crippen molar-refractivity contribution in [2.75, 3.05) is 25.8 Å². The van der Waals surface area contributed by atoms with Gasteiger partial charge < -0.3 is 38.7 Å². The highest BCUT2D eigenvalue weighted by Gasteiger charge is 2.38. The Morgan fingerprint density at radius 3 is 2.11 bits per heavy atom. The predicted molar refractivity (Wildman–Crippen MR) is 166 cm³/mol. The molecule has 0 spiro atoms. The summed E-state index contributed by atoms with van der Waals surface area (Å²) in [6.45, 7) is -2.83. The minimum atomic E-state index is -4.34. The lowest BCUT2D eigenvalue weighted by atomic mass is 10.3. The maximum absolute atomic E-state index is 14.0. The Labute approximate surface area is 275 Å². The molecule has 2 heterocycles. The summed E-state index contributed by atoms with van der Waals surface area (Å²) in [5.41, 5.74) is 7.04. The molecule has 256 valence electrons. The number of rotatable bonds is 20. The van der Waals surface area contributed by atoms with E-state index in [2.05, 4.69) is 15.0 Å². The Morgan fingerprint density at radius 2 is 1.55 bits per heavy atom. The van der Waals surface area contributed by atoms with E-state index in [0.717, 1.165) is 62.0 Å². The minimum Gasteiger partial charge on any atom is -0.497 e. The molecule has 18 heteroatoms. The van der Waals surface area contributed by atoms with Gasteiger partial charge in [-0.2, -0.15) is 4.98 Å². The highest BCUT2D eigenvalue weighted by atomic mass is 32.2. The molecule has 2 aliphatic carbocycles. The van der Waals surface area contributed by atoms with Crippen LogP contribution in [0.1, 0.15) is 51.4 Å². The molecule has 47 heavy (non-hydrogen) atoms. The van der Waals surface area contributed by atoms with E-state index in [9.17, 15) is 14.2 Å². The molecule has 1 aromatic carbocycles. The van der Waals surface area contributed by atoms with Crippen LogP contribution in [0, 0.1) is 0 Å². The molecular formula is C29H38N5O11PS. The predicted octanol–water partition coefficient (Wildman–Crippen LogP) is 4.60. The number of hydrogen-bond acceptors (Lipinski definition) is 16. The fourth-order valence-corrected chi connectivity index (χ4v) is 7.35. The van der Waals surface area contributed by atoms with Gasteiger partial charge in [0.05, 0.1) is 32.3 Å². The van der Waals surface area contributed by atoms with Crippen molar-refractivity contribution in [3.63, 3.8) is 0 Å². The molecule has 0 amide bonds. The largest absolute Gasteiger partial charge is 0.497 e. The molecule has 2 N–H and O–H groups in total. The number of fused-ring (bicyclic) bond motifs is 1. The number of ether oxygens (including phenoxy) is 6. The van der Waals surface area contributed by atoms with E-state index in [0.29, 0.717) is 16.2 Å². The average Bonchev–Trinajstić information content (AvgIpc) is 3.84. The lowest BCUT2D eigenvalue weighted by molar-refractivity contribution is -0.271. The van der Waals surface area contributed by atoms with Gasteiger partial charge in [-0.15, -0.1) is 0 Å². The van der Waals surface area contributed by atoms with Crippen LogP contribution in [0.15, 0.2) is 40.5 Å². The van der Waals surface area contributed by atoms with Crippen LogP contribution in [0.5, 0.6) is 5.75 Å². The molecule has 2 fully saturated rings. The van der Waals surface area contributed by atoms with E-state index in [4.69, 9.17) is 43.2 Å². The van der Waals surface area contributed by atoms with Crippen LogP contribution in [-0.2, 0) is 53.4 Å². The molecule has 5 rings (SSSR count). The maximum atomic E-state index is 14.0. The maximum Gasteiger partial charge on any atom is 0.365 e. The topological polar surface area (TPSA) is 195 Å². The zero-order valence-corrected chi connectivity index (χ0v) is 27.6. The molecule has 16 nitrogen and oxygen atoms in total. The Balaban J connectivity index is 1.26. The minimum absolute atomic E-state index is 0.00158. The summed E-state index contributed by atoms with van der Waals surface area (Å²) in [7, 11) is -2.74. The Kier molecular flexibility index (Phi) is 12.8. The fraction of sp³-hybridized carbons (Fsp3) is 0.552. The third-order valence-corrected chi connectivity index (χ3v) is 9.96. The van der Waals surface area contributed by atoms with Crippen molar-refractivity contribution >= 4 is 49.4 Å². The lowest BCUT2D eigenvalue weighted by Crippen LogP contribution is -2.29. The van der Waals surface area contributed by atoms with Crippen LogP contribution < -0.4 is 10.5 Å². The number of methoxy groups -OCH3 is 1. The quantitative estimate of drug-likeness (QED) is 0.0566. The monoisotopic (exact) mass is 695 g/mol. The zero-order valence-electron chi connectivity index (χ0n) is 25.8. The van der Waals surface area contributed by atoms with Crippen molar-refractivity contribution in [2.45, 2.75) is 93.0 Å². The second-order valence-corrected chi connectivity index (χ2v) is 13.7. The summed E-state index contributed by atoms with van der Waals surface area (Å²) in [6, 6.07) is 7.48. The Hall–Kier alpha value is -3.31. The van der Waals surface area contributed by atoms with Gasteiger partial charge in [0, 0.05) is 11.4 Å². The molecule has 0 radical (unpaired) electrons. The number of carbonyl (C=O) groups excluding carboxylic acids is 2. The van der Waals surface area contributed by atoms with Gasteiger partial charge in [0.1, 0.15) is 22.6 Å². The summed E-state index contributed by atoms with van der Waals surface area (Å²) in [4.78, 5) is 36.6. The first-order valence-corrected chi connectivity index (χ1v) is 17.8. The SMILES string of the molecule is COc1ccc(Sc2nc(N)nc3c2ncn3CCOCP(=O)(OC(OC=O)OC2CCCC2)OC(OC=O)OC2CCCC2)cc1. The molecule has 2 aromatic heterocycles. The van der Waals surface area contributed by atoms with Gasteiger partial charge in [-0.25, -0.2) is 19.0 Å². The third kappa shape index (κ3) is 10.1. The highest BCUT2D eigenvalue weighted by Crippen LogP contribution is 2.51. The first-order chi connectivity index (χ1) is 22.9. The van der Waals surface area contributed by atoms with E-state index in [1.807, 2.05) is 24.3 Å². The number of benzene rings is 1. The van der Waals surface area contributed by atoms with Gasteiger partial charge >= 0.3 is 20.5 Å². The van der Waals surface area contributed by atoms with Crippen LogP contribution in [0.3, 0.4) is 0 Å². The molecule has 2 atom stereocenters. The second kappa shape index (κ2) is 17.2. The van der Waals surface area contributed by atoms with Crippen LogP contribution in [-0.4, -0.2) is 77.7 Å². The summed E-state index contributed by atoms with van der Waals surface area (Å²) >= 11 is 1.38. The normalized spacial score (nSPS) is 18.1. The number of nitrogens with two attached hydrogens (primary N) is 1. The number of anilines is 1. The number of aromatic nitrogens is 4. The van der Waals surface area contributed by atoms with E-state index < -0.39 is 26.9 Å². The van der Waals surface area contributed by atoms with E-state index in [1.54, 1.807) is 18.0 Å². The Bertz CT molecular complexity index is 1460. The van der Waals surface area contributed by atoms with Gasteiger partial charge in [-0.1, -0.05) is 37.4 Å². The van der Waals surface area contributed by atoms with Crippen molar-refractivity contribution in [3.8, 4) is 5.75 Å². The molecule has 2 unspecified atom stereocenters. The Morgan fingerprint density at radius 1 is 0.957 bits per heavy atom. The molecule has 0 bridgehead atoms. The molecule has 0 aliphatic heterocycles. The molecule has 2 saturated carbocycles. The van der Waals surface area contributed by atoms with Gasteiger partial charge in [0.25, 0.3) is 12.9 Å². The van der Waals surface area contributed by atoms with Gasteiger partial charge in [-0.3, -0.25) is 14.2 Å². The number of carbonyl (C=O) groups is 2. The molecule has 0 saturated heterocycles. The van der Waals surface area contributed by atoms with Gasteiger partial charge in [-0.05, 0) is 49.9 Å². The summed E-state index contributed by atoms with van der Waals surface area (Å²) in [5.74, 6) is 0.794. The first-order valence-electron chi connectivity index (χ1n) is 15.2. The van der Waals surface area contributed by atoms with Crippen LogP contribution in [0.25, 0.3) is 11.2 Å². The lowest BCUT2D eigenvalue weighted by Gasteiger charge is -2.28. The van der Waals surface area contributed by atoms with Gasteiger partial charge in [0.15, 0.2) is 5.65 Å². The van der Waals surface area contributed by atoms with Crippen LogP contribution in [0.4, 0.5) is 5.95 Å². The van der Waals surface area contributed by atoms with E-state index in [-0.39, 0.29) is 44.3 Å². The average molecular weight is 696 g/mol. The first kappa shape index (κ1) is 35.0. The number of hydrogen-bond donors (Lipinski definition) is 1. The zero-order chi connectivity index (χ0) is 33.1. The summed E-state index contributed by atoms with van der Waals surface area (Å²) in [5, 5.41) is 0.565. The highest BCUT2D eigenvalue weighted by molar-refractivity contribution is 7.99. The van der Waals surface area contributed by atoms with Crippen molar-refractivity contribution in [1.82, 2.24) is 19.5 Å². The standard InChI is InChI=1S/C29H38N5O11PS/c1-38-20-10-12-23(13-11-20)47-26-24-25(32-27(30)33-26)34(16-31-24)14-15-39-19-46(37,44-28(40-17-35)42-21-6-2-3-7-21)45-29(41-18-36)43-22-8-4-5-9-22/h10-13,16-18,21-22,28-29H,2-9,14-15,19H2,1H3,(H2,30,32,33). The summed E-state index contributed by atoms with van der Waals surface area (Å²) in [6.07, 6.45) is 7.04. The third-order valence-electron chi connectivity index (χ3n) is 7.49. The number of nitrogen functional groups attached to an aromatic ring is 1. The smallest absolute Gasteiger partial charge is 0.365 e. The van der Waals surface area contributed by atoms with Crippen molar-refractivity contribution in [2.24, 2.45) is 0 Å². The summed E-state index contributed by atoms with van der Waals surface area (Å²) < 4.78 is 59.2.